The van der Waals surface area contributed by atoms with E-state index in [1.807, 2.05) is 13.0 Å². The van der Waals surface area contributed by atoms with Crippen LogP contribution in [0.3, 0.4) is 0 Å². The van der Waals surface area contributed by atoms with E-state index >= 15 is 0 Å². The van der Waals surface area contributed by atoms with Gasteiger partial charge in [-0.3, -0.25) is 0 Å². The SMILES string of the molecule is CC(C)(C)c1ccccc1.Cc1ccc(F)cc1I.Cc1ccc(F)cc1[I-]c1ccc(C(C)(C)C)cc1.[Cl-]. The van der Waals surface area contributed by atoms with Crippen molar-refractivity contribution in [2.24, 2.45) is 0 Å². The van der Waals surface area contributed by atoms with Crippen molar-refractivity contribution in [1.29, 1.82) is 0 Å². The number of rotatable bonds is 2. The Hall–Kier alpha value is -1.51. The summed E-state index contributed by atoms with van der Waals surface area (Å²) in [5, 5.41) is 0. The summed E-state index contributed by atoms with van der Waals surface area (Å²) in [7, 11) is 0. The van der Waals surface area contributed by atoms with Gasteiger partial charge < -0.3 is 12.4 Å². The Morgan fingerprint density at radius 3 is 1.49 bits per heavy atom. The van der Waals surface area contributed by atoms with Gasteiger partial charge in [0.05, 0.1) is 0 Å². The molecule has 0 nitrogen and oxygen atoms in total. The molecule has 0 N–H and O–H groups in total. The van der Waals surface area contributed by atoms with Gasteiger partial charge in [0.15, 0.2) is 0 Å². The molecule has 0 spiro atoms. The van der Waals surface area contributed by atoms with Crippen molar-refractivity contribution in [3.8, 4) is 0 Å². The monoisotopic (exact) mass is 774 g/mol. The maximum Gasteiger partial charge on any atom is -1.00 e. The van der Waals surface area contributed by atoms with Crippen molar-refractivity contribution in [3.63, 3.8) is 0 Å². The average molecular weight is 775 g/mol. The molecule has 0 aromatic heterocycles. The molecular formula is C34H39ClF2I2-2. The average Bonchev–Trinajstić information content (AvgIpc) is 2.85. The Kier molecular flexibility index (Phi) is 14.6. The van der Waals surface area contributed by atoms with E-state index in [0.29, 0.717) is 5.41 Å². The first-order valence-electron chi connectivity index (χ1n) is 12.7. The summed E-state index contributed by atoms with van der Waals surface area (Å²) in [4.78, 5) is 0. The molecule has 5 heteroatoms. The van der Waals surface area contributed by atoms with E-state index < -0.39 is 0 Å². The molecule has 0 fully saturated rings. The molecule has 0 atom stereocenters. The molecular weight excluding hydrogens is 736 g/mol. The van der Waals surface area contributed by atoms with Gasteiger partial charge in [0.2, 0.25) is 0 Å². The molecule has 4 rings (SSSR count). The Morgan fingerprint density at radius 2 is 1.05 bits per heavy atom. The van der Waals surface area contributed by atoms with E-state index in [2.05, 4.69) is 126 Å². The quantitative estimate of drug-likeness (QED) is 0.267. The molecule has 0 aliphatic heterocycles. The van der Waals surface area contributed by atoms with E-state index in [4.69, 9.17) is 0 Å². The fraction of sp³-hybridized carbons (Fsp3) is 0.294. The van der Waals surface area contributed by atoms with Crippen molar-refractivity contribution >= 4 is 22.6 Å². The predicted octanol–water partition coefficient (Wildman–Crippen LogP) is 4.29. The van der Waals surface area contributed by atoms with Gasteiger partial charge in [0.1, 0.15) is 5.82 Å². The van der Waals surface area contributed by atoms with Crippen LogP contribution in [-0.2, 0) is 10.8 Å². The molecule has 0 saturated heterocycles. The topological polar surface area (TPSA) is 0 Å². The normalized spacial score (nSPS) is 10.9. The molecule has 0 saturated carbocycles. The van der Waals surface area contributed by atoms with Gasteiger partial charge in [-0.1, -0.05) is 57.2 Å². The summed E-state index contributed by atoms with van der Waals surface area (Å²) in [5.41, 5.74) is 5.53. The van der Waals surface area contributed by atoms with Crippen molar-refractivity contribution in [2.45, 2.75) is 66.2 Å². The summed E-state index contributed by atoms with van der Waals surface area (Å²) in [6, 6.07) is 29.2. The zero-order chi connectivity index (χ0) is 28.5. The zero-order valence-corrected chi connectivity index (χ0v) is 29.1. The molecule has 4 aromatic rings. The largest absolute Gasteiger partial charge is 1.00 e. The van der Waals surface area contributed by atoms with Gasteiger partial charge in [-0.15, -0.1) is 0 Å². The molecule has 0 amide bonds. The van der Waals surface area contributed by atoms with Gasteiger partial charge >= 0.3 is 125 Å². The first-order valence-corrected chi connectivity index (χ1v) is 15.9. The minimum Gasteiger partial charge on any atom is -1.00 e. The van der Waals surface area contributed by atoms with E-state index in [9.17, 15) is 8.78 Å². The summed E-state index contributed by atoms with van der Waals surface area (Å²) in [5.74, 6) is -0.295. The summed E-state index contributed by atoms with van der Waals surface area (Å²) in [6.45, 7) is 17.3. The van der Waals surface area contributed by atoms with Gasteiger partial charge in [-0.05, 0) is 58.2 Å². The second-order valence-corrected chi connectivity index (χ2v) is 15.4. The van der Waals surface area contributed by atoms with Crippen LogP contribution >= 0.6 is 22.6 Å². The molecule has 0 heterocycles. The van der Waals surface area contributed by atoms with E-state index in [1.54, 1.807) is 12.1 Å². The first kappa shape index (κ1) is 35.5. The molecule has 39 heavy (non-hydrogen) atoms. The summed E-state index contributed by atoms with van der Waals surface area (Å²) >= 11 is 1.81. The number of hydrogen-bond acceptors (Lipinski definition) is 0. The number of hydrogen-bond donors (Lipinski definition) is 0. The van der Waals surface area contributed by atoms with Crippen molar-refractivity contribution in [2.75, 3.05) is 0 Å². The van der Waals surface area contributed by atoms with Crippen molar-refractivity contribution in [1.82, 2.24) is 0 Å². The smallest absolute Gasteiger partial charge is 1.00 e. The van der Waals surface area contributed by atoms with E-state index in [0.717, 1.165) is 9.13 Å². The molecule has 0 bridgehead atoms. The molecule has 0 unspecified atom stereocenters. The third-order valence-electron chi connectivity index (χ3n) is 5.83. The summed E-state index contributed by atoms with van der Waals surface area (Å²) in [6.07, 6.45) is 0. The summed E-state index contributed by atoms with van der Waals surface area (Å²) < 4.78 is 29.1. The van der Waals surface area contributed by atoms with Gasteiger partial charge in [0.25, 0.3) is 0 Å². The van der Waals surface area contributed by atoms with Crippen molar-refractivity contribution in [3.05, 3.63) is 136 Å². The van der Waals surface area contributed by atoms with Crippen LogP contribution in [0.15, 0.2) is 91.0 Å². The van der Waals surface area contributed by atoms with Crippen LogP contribution in [0.1, 0.15) is 63.8 Å². The minimum absolute atomic E-state index is 0. The molecule has 212 valence electrons. The van der Waals surface area contributed by atoms with Crippen LogP contribution in [0.2, 0.25) is 0 Å². The van der Waals surface area contributed by atoms with Crippen LogP contribution in [0.5, 0.6) is 0 Å². The fourth-order valence-electron chi connectivity index (χ4n) is 3.30. The Balaban J connectivity index is 0.000000321. The second kappa shape index (κ2) is 16.1. The Bertz CT molecular complexity index is 1290. The second-order valence-electron chi connectivity index (χ2n) is 11.3. The number of halogens is 5. The molecule has 0 aliphatic rings. The van der Waals surface area contributed by atoms with Crippen LogP contribution in [0, 0.1) is 36.2 Å². The maximum absolute atomic E-state index is 13.3. The first-order chi connectivity index (χ1) is 17.7. The fourth-order valence-corrected chi connectivity index (χ4v) is 6.23. The molecule has 0 aliphatic carbocycles. The van der Waals surface area contributed by atoms with E-state index in [1.165, 1.54) is 42.0 Å². The van der Waals surface area contributed by atoms with Crippen molar-refractivity contribution < 1.29 is 42.4 Å². The number of benzene rings is 4. The van der Waals surface area contributed by atoms with Crippen LogP contribution in [0.25, 0.3) is 0 Å². The Labute approximate surface area is 264 Å². The third-order valence-corrected chi connectivity index (χ3v) is 10.1. The van der Waals surface area contributed by atoms with Gasteiger partial charge in [-0.2, -0.15) is 0 Å². The zero-order valence-electron chi connectivity index (χ0n) is 24.1. The minimum atomic E-state index is -0.299. The standard InChI is InChI=1S/C17H19FI.C10H14.C7H6FI.ClH/c1-12-5-8-14(18)11-16(12)19-15-9-6-13(7-10-15)17(2,3)4;1-10(2,3)9-7-5-4-6-8-9;1-5-2-3-6(8)4-7(5)9;/h5-11H,1-4H3;4-8H,1-3H3;2-4H,1H3;1H/q-1;;;/p-1. The predicted molar refractivity (Wildman–Crippen MR) is 163 cm³/mol. The third kappa shape index (κ3) is 12.7. The Morgan fingerprint density at radius 1 is 0.590 bits per heavy atom. The van der Waals surface area contributed by atoms with Gasteiger partial charge in [0, 0.05) is 3.57 Å². The molecule has 0 radical (unpaired) electrons. The maximum atomic E-state index is 13.3. The molecule has 4 aromatic carbocycles. The van der Waals surface area contributed by atoms with Gasteiger partial charge in [-0.25, -0.2) is 4.39 Å². The van der Waals surface area contributed by atoms with E-state index in [-0.39, 0.29) is 50.7 Å². The van der Waals surface area contributed by atoms with Crippen LogP contribution in [0.4, 0.5) is 8.78 Å². The van der Waals surface area contributed by atoms with Crippen LogP contribution in [-0.4, -0.2) is 0 Å². The number of aryl methyl sites for hydroxylation is 2. The van der Waals surface area contributed by atoms with Crippen LogP contribution < -0.4 is 33.6 Å².